The summed E-state index contributed by atoms with van der Waals surface area (Å²) in [5.74, 6) is 0.644. The number of fused-ring (bicyclic) bond motifs is 1. The molecule has 5 nitrogen and oxygen atoms in total. The van der Waals surface area contributed by atoms with Crippen LogP contribution in [0, 0.1) is 13.8 Å². The topological polar surface area (TPSA) is 68.0 Å². The van der Waals surface area contributed by atoms with Crippen molar-refractivity contribution >= 4 is 22.4 Å². The molecule has 112 valence electrons. The van der Waals surface area contributed by atoms with Gasteiger partial charge in [0.2, 0.25) is 5.91 Å². The molecule has 0 bridgehead atoms. The molecule has 21 heavy (non-hydrogen) atoms. The number of carbonyl (C=O) groups is 1. The molecule has 0 atom stereocenters. The van der Waals surface area contributed by atoms with E-state index in [1.165, 1.54) is 29.8 Å². The maximum Gasteiger partial charge on any atom is 0.230 e. The second-order valence-electron chi connectivity index (χ2n) is 5.48. The molecule has 0 aliphatic heterocycles. The minimum absolute atomic E-state index is 0.0618. The first kappa shape index (κ1) is 14.3. The molecule has 0 unspecified atom stereocenters. The van der Waals surface area contributed by atoms with Gasteiger partial charge in [-0.05, 0) is 39.5 Å². The molecule has 1 N–H and O–H groups in total. The fourth-order valence-corrected chi connectivity index (χ4v) is 3.73. The molecule has 0 aromatic carbocycles. The van der Waals surface area contributed by atoms with Crippen LogP contribution >= 0.6 is 11.3 Å². The van der Waals surface area contributed by atoms with Gasteiger partial charge in [0.05, 0.1) is 17.8 Å². The largest absolute Gasteiger partial charge is 0.361 e. The lowest BCUT2D eigenvalue weighted by Crippen LogP contribution is -2.15. The van der Waals surface area contributed by atoms with Crippen LogP contribution in [0.1, 0.15) is 46.9 Å². The Bertz CT molecular complexity index is 617. The number of anilines is 1. The first-order chi connectivity index (χ1) is 10.1. The maximum atomic E-state index is 12.2. The summed E-state index contributed by atoms with van der Waals surface area (Å²) < 4.78 is 5.08. The average Bonchev–Trinajstić information content (AvgIpc) is 2.88. The fourth-order valence-electron chi connectivity index (χ4n) is 2.66. The summed E-state index contributed by atoms with van der Waals surface area (Å²) in [6, 6.07) is 0. The van der Waals surface area contributed by atoms with Crippen molar-refractivity contribution in [2.24, 2.45) is 0 Å². The van der Waals surface area contributed by atoms with Crippen LogP contribution in [0.4, 0.5) is 5.13 Å². The monoisotopic (exact) mass is 305 g/mol. The molecular weight excluding hydrogens is 286 g/mol. The van der Waals surface area contributed by atoms with Gasteiger partial charge in [0.15, 0.2) is 5.13 Å². The number of nitrogens with one attached hydrogen (secondary N) is 1. The quantitative estimate of drug-likeness (QED) is 0.884. The second kappa shape index (κ2) is 5.97. The highest BCUT2D eigenvalue weighted by atomic mass is 32.1. The molecule has 1 aliphatic rings. The normalized spacial score (nSPS) is 14.6. The molecule has 1 aliphatic carbocycles. The van der Waals surface area contributed by atoms with Gasteiger partial charge in [-0.1, -0.05) is 11.6 Å². The van der Waals surface area contributed by atoms with Gasteiger partial charge in [0.1, 0.15) is 5.76 Å². The van der Waals surface area contributed by atoms with E-state index >= 15 is 0 Å². The Morgan fingerprint density at radius 2 is 2.10 bits per heavy atom. The molecule has 0 spiro atoms. The van der Waals surface area contributed by atoms with Crippen molar-refractivity contribution in [2.75, 3.05) is 5.32 Å². The Morgan fingerprint density at radius 3 is 2.86 bits per heavy atom. The predicted octanol–water partition coefficient (Wildman–Crippen LogP) is 3.20. The van der Waals surface area contributed by atoms with Crippen LogP contribution in [0.2, 0.25) is 0 Å². The summed E-state index contributed by atoms with van der Waals surface area (Å²) in [5.41, 5.74) is 2.81. The van der Waals surface area contributed by atoms with E-state index < -0.39 is 0 Å². The number of nitrogens with zero attached hydrogens (tertiary/aromatic N) is 2. The number of aryl methyl sites for hydroxylation is 4. The van der Waals surface area contributed by atoms with Crippen LogP contribution < -0.4 is 5.32 Å². The van der Waals surface area contributed by atoms with Crippen molar-refractivity contribution in [1.29, 1.82) is 0 Å². The maximum absolute atomic E-state index is 12.2. The summed E-state index contributed by atoms with van der Waals surface area (Å²) in [6.45, 7) is 3.68. The highest BCUT2D eigenvalue weighted by molar-refractivity contribution is 7.15. The summed E-state index contributed by atoms with van der Waals surface area (Å²) in [6.07, 6.45) is 6.10. The SMILES string of the molecule is Cc1noc(C)c1CC(=O)Nc1nc2c(s1)CCCCC2. The van der Waals surface area contributed by atoms with Crippen LogP contribution in [-0.4, -0.2) is 16.0 Å². The zero-order chi connectivity index (χ0) is 14.8. The number of rotatable bonds is 3. The third-order valence-corrected chi connectivity index (χ3v) is 4.93. The van der Waals surface area contributed by atoms with E-state index in [2.05, 4.69) is 15.5 Å². The van der Waals surface area contributed by atoms with Crippen LogP contribution in [0.3, 0.4) is 0 Å². The summed E-state index contributed by atoms with van der Waals surface area (Å²) in [7, 11) is 0. The third-order valence-electron chi connectivity index (χ3n) is 3.86. The van der Waals surface area contributed by atoms with Crippen molar-refractivity contribution in [3.63, 3.8) is 0 Å². The smallest absolute Gasteiger partial charge is 0.230 e. The minimum Gasteiger partial charge on any atom is -0.361 e. The van der Waals surface area contributed by atoms with E-state index in [1.807, 2.05) is 13.8 Å². The van der Waals surface area contributed by atoms with Crippen molar-refractivity contribution in [3.05, 3.63) is 27.6 Å². The van der Waals surface area contributed by atoms with E-state index in [0.717, 1.165) is 29.2 Å². The Labute approximate surface area is 127 Å². The van der Waals surface area contributed by atoms with Gasteiger partial charge in [0.25, 0.3) is 0 Å². The number of aromatic nitrogens is 2. The molecule has 0 fully saturated rings. The number of amides is 1. The lowest BCUT2D eigenvalue weighted by molar-refractivity contribution is -0.115. The van der Waals surface area contributed by atoms with Crippen molar-refractivity contribution in [3.8, 4) is 0 Å². The van der Waals surface area contributed by atoms with Crippen LogP contribution in [-0.2, 0) is 24.1 Å². The van der Waals surface area contributed by atoms with Gasteiger partial charge in [-0.2, -0.15) is 0 Å². The highest BCUT2D eigenvalue weighted by Gasteiger charge is 2.17. The molecular formula is C15H19N3O2S. The fraction of sp³-hybridized carbons (Fsp3) is 0.533. The van der Waals surface area contributed by atoms with Crippen molar-refractivity contribution < 1.29 is 9.32 Å². The molecule has 1 amide bonds. The molecule has 3 rings (SSSR count). The standard InChI is InChI=1S/C15H19N3O2S/c1-9-11(10(2)20-18-9)8-14(19)17-15-16-12-6-4-3-5-7-13(12)21-15/h3-8H2,1-2H3,(H,16,17,19). The van der Waals surface area contributed by atoms with Crippen molar-refractivity contribution in [2.45, 2.75) is 52.4 Å². The average molecular weight is 305 g/mol. The van der Waals surface area contributed by atoms with Crippen molar-refractivity contribution in [1.82, 2.24) is 10.1 Å². The zero-order valence-corrected chi connectivity index (χ0v) is 13.2. The van der Waals surface area contributed by atoms with Gasteiger partial charge in [-0.25, -0.2) is 4.98 Å². The van der Waals surface area contributed by atoms with Crippen LogP contribution in [0.15, 0.2) is 4.52 Å². The number of hydrogen-bond donors (Lipinski definition) is 1. The molecule has 0 saturated heterocycles. The highest BCUT2D eigenvalue weighted by Crippen LogP contribution is 2.29. The molecule has 6 heteroatoms. The van der Waals surface area contributed by atoms with E-state index in [0.29, 0.717) is 5.76 Å². The van der Waals surface area contributed by atoms with Gasteiger partial charge >= 0.3 is 0 Å². The molecule has 2 aromatic heterocycles. The summed E-state index contributed by atoms with van der Waals surface area (Å²) in [5, 5.41) is 7.50. The van der Waals surface area contributed by atoms with E-state index in [9.17, 15) is 4.79 Å². The van der Waals surface area contributed by atoms with Gasteiger partial charge < -0.3 is 9.84 Å². The van der Waals surface area contributed by atoms with E-state index in [4.69, 9.17) is 4.52 Å². The molecule has 2 heterocycles. The minimum atomic E-state index is -0.0618. The lowest BCUT2D eigenvalue weighted by atomic mass is 10.1. The van der Waals surface area contributed by atoms with E-state index in [-0.39, 0.29) is 12.3 Å². The number of carbonyl (C=O) groups excluding carboxylic acids is 1. The Kier molecular flexibility index (Phi) is 4.05. The predicted molar refractivity (Wildman–Crippen MR) is 81.7 cm³/mol. The first-order valence-electron chi connectivity index (χ1n) is 7.33. The Hall–Kier alpha value is -1.69. The molecule has 2 aromatic rings. The summed E-state index contributed by atoms with van der Waals surface area (Å²) >= 11 is 1.62. The van der Waals surface area contributed by atoms with Crippen LogP contribution in [0.5, 0.6) is 0 Å². The zero-order valence-electron chi connectivity index (χ0n) is 12.4. The lowest BCUT2D eigenvalue weighted by Gasteiger charge is -2.01. The molecule has 0 radical (unpaired) electrons. The van der Waals surface area contributed by atoms with E-state index in [1.54, 1.807) is 11.3 Å². The Morgan fingerprint density at radius 1 is 1.29 bits per heavy atom. The third kappa shape index (κ3) is 3.15. The van der Waals surface area contributed by atoms with Crippen LogP contribution in [0.25, 0.3) is 0 Å². The number of thiazole rings is 1. The molecule has 0 saturated carbocycles. The number of hydrogen-bond acceptors (Lipinski definition) is 5. The van der Waals surface area contributed by atoms with Gasteiger partial charge in [-0.3, -0.25) is 4.79 Å². The van der Waals surface area contributed by atoms with Gasteiger partial charge in [0, 0.05) is 10.4 Å². The summed E-state index contributed by atoms with van der Waals surface area (Å²) in [4.78, 5) is 18.1. The first-order valence-corrected chi connectivity index (χ1v) is 8.15. The second-order valence-corrected chi connectivity index (χ2v) is 6.56. The van der Waals surface area contributed by atoms with Gasteiger partial charge in [-0.15, -0.1) is 11.3 Å². The Balaban J connectivity index is 1.68.